The van der Waals surface area contributed by atoms with Crippen molar-refractivity contribution >= 4 is 10.8 Å². The maximum absolute atomic E-state index is 5.41. The molecule has 4 rings (SSSR count). The van der Waals surface area contributed by atoms with Gasteiger partial charge in [-0.15, -0.1) is 0 Å². The molecule has 0 fully saturated rings. The van der Waals surface area contributed by atoms with Gasteiger partial charge in [0.2, 0.25) is 11.8 Å². The molecular formula is C16H10N2O2. The standard InChI is InChI=1S/C16H10N2O2/c1-2-4-12-11(3-1)13(15-17-7-9-19-15)5-6-14(12)16-18-8-10-20-16/h1-10H. The monoisotopic (exact) mass is 262 g/mol. The second-order valence-electron chi connectivity index (χ2n) is 4.38. The van der Waals surface area contributed by atoms with Crippen molar-refractivity contribution in [2.45, 2.75) is 0 Å². The molecule has 0 bridgehead atoms. The van der Waals surface area contributed by atoms with Crippen LogP contribution in [0.15, 0.2) is 70.2 Å². The highest BCUT2D eigenvalue weighted by Gasteiger charge is 2.13. The minimum absolute atomic E-state index is 0.611. The predicted molar refractivity (Wildman–Crippen MR) is 74.9 cm³/mol. The average Bonchev–Trinajstić information content (AvgIpc) is 3.19. The molecule has 2 aromatic heterocycles. The lowest BCUT2D eigenvalue weighted by atomic mass is 9.99. The third-order valence-corrected chi connectivity index (χ3v) is 3.25. The van der Waals surface area contributed by atoms with E-state index in [1.54, 1.807) is 24.9 Å². The van der Waals surface area contributed by atoms with E-state index in [4.69, 9.17) is 8.83 Å². The minimum Gasteiger partial charge on any atom is -0.445 e. The third-order valence-electron chi connectivity index (χ3n) is 3.25. The molecule has 0 atom stereocenters. The number of fused-ring (bicyclic) bond motifs is 1. The van der Waals surface area contributed by atoms with Gasteiger partial charge in [-0.1, -0.05) is 24.3 Å². The molecule has 0 amide bonds. The van der Waals surface area contributed by atoms with Gasteiger partial charge < -0.3 is 8.83 Å². The molecule has 96 valence electrons. The molecule has 4 heteroatoms. The second kappa shape index (κ2) is 4.35. The number of benzene rings is 2. The van der Waals surface area contributed by atoms with Crippen LogP contribution in [-0.2, 0) is 0 Å². The van der Waals surface area contributed by atoms with Gasteiger partial charge in [-0.3, -0.25) is 0 Å². The van der Waals surface area contributed by atoms with E-state index in [1.807, 2.05) is 36.4 Å². The first-order valence-corrected chi connectivity index (χ1v) is 6.25. The van der Waals surface area contributed by atoms with Crippen LogP contribution in [0, 0.1) is 0 Å². The molecule has 2 aromatic carbocycles. The Hall–Kier alpha value is -2.88. The molecule has 0 aliphatic heterocycles. The zero-order valence-electron chi connectivity index (χ0n) is 10.5. The molecule has 0 N–H and O–H groups in total. The number of hydrogen-bond acceptors (Lipinski definition) is 4. The molecule has 0 aliphatic carbocycles. The normalized spacial score (nSPS) is 11.0. The van der Waals surface area contributed by atoms with Gasteiger partial charge in [-0.25, -0.2) is 9.97 Å². The van der Waals surface area contributed by atoms with Gasteiger partial charge in [0.15, 0.2) is 0 Å². The van der Waals surface area contributed by atoms with Crippen LogP contribution in [0.1, 0.15) is 0 Å². The molecule has 0 aliphatic rings. The number of aromatic nitrogens is 2. The van der Waals surface area contributed by atoms with E-state index >= 15 is 0 Å². The highest BCUT2D eigenvalue weighted by Crippen LogP contribution is 2.34. The van der Waals surface area contributed by atoms with E-state index in [2.05, 4.69) is 9.97 Å². The van der Waals surface area contributed by atoms with Crippen LogP contribution in [0.25, 0.3) is 33.7 Å². The fourth-order valence-electron chi connectivity index (χ4n) is 2.38. The summed E-state index contributed by atoms with van der Waals surface area (Å²) in [6.07, 6.45) is 6.44. The summed E-state index contributed by atoms with van der Waals surface area (Å²) in [7, 11) is 0. The Morgan fingerprint density at radius 1 is 0.650 bits per heavy atom. The van der Waals surface area contributed by atoms with Gasteiger partial charge in [-0.2, -0.15) is 0 Å². The molecule has 0 saturated heterocycles. The minimum atomic E-state index is 0.611. The van der Waals surface area contributed by atoms with Crippen molar-refractivity contribution in [2.24, 2.45) is 0 Å². The van der Waals surface area contributed by atoms with E-state index in [-0.39, 0.29) is 0 Å². The number of oxazole rings is 2. The molecule has 4 aromatic rings. The first-order chi connectivity index (χ1) is 9.93. The summed E-state index contributed by atoms with van der Waals surface area (Å²) >= 11 is 0. The predicted octanol–water partition coefficient (Wildman–Crippen LogP) is 4.15. The maximum atomic E-state index is 5.41. The van der Waals surface area contributed by atoms with Crippen molar-refractivity contribution < 1.29 is 8.83 Å². The van der Waals surface area contributed by atoms with Crippen molar-refractivity contribution in [3.63, 3.8) is 0 Å². The maximum Gasteiger partial charge on any atom is 0.226 e. The molecule has 20 heavy (non-hydrogen) atoms. The van der Waals surface area contributed by atoms with Crippen LogP contribution >= 0.6 is 0 Å². The lowest BCUT2D eigenvalue weighted by molar-refractivity contribution is 0.574. The van der Waals surface area contributed by atoms with Crippen LogP contribution < -0.4 is 0 Å². The van der Waals surface area contributed by atoms with Gasteiger partial charge in [0.25, 0.3) is 0 Å². The summed E-state index contributed by atoms with van der Waals surface area (Å²) in [5.74, 6) is 1.22. The zero-order chi connectivity index (χ0) is 13.4. The van der Waals surface area contributed by atoms with Crippen LogP contribution in [0.2, 0.25) is 0 Å². The van der Waals surface area contributed by atoms with Gasteiger partial charge in [0.05, 0.1) is 12.4 Å². The third kappa shape index (κ3) is 1.62. The lowest BCUT2D eigenvalue weighted by Gasteiger charge is -2.07. The van der Waals surface area contributed by atoms with Crippen molar-refractivity contribution in [1.82, 2.24) is 9.97 Å². The first-order valence-electron chi connectivity index (χ1n) is 6.25. The molecule has 0 radical (unpaired) electrons. The quantitative estimate of drug-likeness (QED) is 0.544. The lowest BCUT2D eigenvalue weighted by Crippen LogP contribution is -1.85. The summed E-state index contributed by atoms with van der Waals surface area (Å²) in [4.78, 5) is 8.45. The van der Waals surface area contributed by atoms with Crippen LogP contribution in [0.3, 0.4) is 0 Å². The first kappa shape index (κ1) is 11.0. The largest absolute Gasteiger partial charge is 0.445 e. The molecular weight excluding hydrogens is 252 g/mol. The molecule has 4 nitrogen and oxygen atoms in total. The van der Waals surface area contributed by atoms with Crippen LogP contribution in [0.5, 0.6) is 0 Å². The topological polar surface area (TPSA) is 52.1 Å². The Balaban J connectivity index is 2.05. The SMILES string of the molecule is c1ccc2c(-c3ncco3)ccc(-c3ncco3)c2c1. The second-order valence-corrected chi connectivity index (χ2v) is 4.38. The average molecular weight is 262 g/mol. The van der Waals surface area contributed by atoms with Crippen LogP contribution in [0.4, 0.5) is 0 Å². The Kier molecular flexibility index (Phi) is 2.39. The number of nitrogens with zero attached hydrogens (tertiary/aromatic N) is 2. The highest BCUT2D eigenvalue weighted by atomic mass is 16.3. The van der Waals surface area contributed by atoms with Crippen LogP contribution in [-0.4, -0.2) is 9.97 Å². The Morgan fingerprint density at radius 2 is 1.15 bits per heavy atom. The summed E-state index contributed by atoms with van der Waals surface area (Å²) in [6, 6.07) is 12.0. The van der Waals surface area contributed by atoms with E-state index < -0.39 is 0 Å². The van der Waals surface area contributed by atoms with Gasteiger partial charge in [0.1, 0.15) is 12.5 Å². The molecule has 0 unspecified atom stereocenters. The Bertz CT molecular complexity index is 777. The van der Waals surface area contributed by atoms with E-state index in [0.717, 1.165) is 21.9 Å². The fraction of sp³-hybridized carbons (Fsp3) is 0. The van der Waals surface area contributed by atoms with Crippen molar-refractivity contribution in [2.75, 3.05) is 0 Å². The summed E-state index contributed by atoms with van der Waals surface area (Å²) in [5, 5.41) is 2.12. The molecule has 0 saturated carbocycles. The van der Waals surface area contributed by atoms with Crippen molar-refractivity contribution in [3.05, 3.63) is 61.3 Å². The number of rotatable bonds is 2. The Labute approximate surface area is 114 Å². The highest BCUT2D eigenvalue weighted by molar-refractivity contribution is 6.02. The van der Waals surface area contributed by atoms with Crippen molar-refractivity contribution in [1.29, 1.82) is 0 Å². The zero-order valence-corrected chi connectivity index (χ0v) is 10.5. The summed E-state index contributed by atoms with van der Waals surface area (Å²) < 4.78 is 10.8. The molecule has 0 spiro atoms. The van der Waals surface area contributed by atoms with Gasteiger partial charge >= 0.3 is 0 Å². The van der Waals surface area contributed by atoms with Crippen molar-refractivity contribution in [3.8, 4) is 22.9 Å². The summed E-state index contributed by atoms with van der Waals surface area (Å²) in [6.45, 7) is 0. The smallest absolute Gasteiger partial charge is 0.226 e. The van der Waals surface area contributed by atoms with Gasteiger partial charge in [-0.05, 0) is 22.9 Å². The fourth-order valence-corrected chi connectivity index (χ4v) is 2.38. The van der Waals surface area contributed by atoms with E-state index in [0.29, 0.717) is 11.8 Å². The number of hydrogen-bond donors (Lipinski definition) is 0. The summed E-state index contributed by atoms with van der Waals surface area (Å²) in [5.41, 5.74) is 1.92. The van der Waals surface area contributed by atoms with Gasteiger partial charge in [0, 0.05) is 11.1 Å². The van der Waals surface area contributed by atoms with E-state index in [9.17, 15) is 0 Å². The Morgan fingerprint density at radius 3 is 1.55 bits per heavy atom. The van der Waals surface area contributed by atoms with E-state index in [1.165, 1.54) is 0 Å². The molecule has 2 heterocycles.